The summed E-state index contributed by atoms with van der Waals surface area (Å²) in [5.41, 5.74) is 1.05. The van der Waals surface area contributed by atoms with Crippen molar-refractivity contribution in [1.29, 1.82) is 0 Å². The van der Waals surface area contributed by atoms with Crippen molar-refractivity contribution in [3.05, 3.63) is 53.6 Å². The van der Waals surface area contributed by atoms with Crippen LogP contribution in [0.1, 0.15) is 61.6 Å². The Kier molecular flexibility index (Phi) is 10.4. The third-order valence-electron chi connectivity index (χ3n) is 9.99. The highest BCUT2D eigenvalue weighted by atomic mass is 32.2. The van der Waals surface area contributed by atoms with Crippen molar-refractivity contribution in [3.8, 4) is 0 Å². The number of esters is 1. The van der Waals surface area contributed by atoms with Crippen LogP contribution in [-0.2, 0) is 51.6 Å². The largest absolute Gasteiger partial charge is 0.459 e. The van der Waals surface area contributed by atoms with Gasteiger partial charge in [-0.25, -0.2) is 13.2 Å². The molecule has 282 valence electrons. The molecule has 1 saturated heterocycles. The molecule has 4 heterocycles. The molecule has 1 aromatic rings. The van der Waals surface area contributed by atoms with Crippen molar-refractivity contribution in [2.75, 3.05) is 13.2 Å². The second-order valence-electron chi connectivity index (χ2n) is 13.8. The molecule has 3 fully saturated rings. The Morgan fingerprint density at radius 3 is 2.63 bits per heavy atom. The van der Waals surface area contributed by atoms with Gasteiger partial charge in [-0.15, -0.1) is 6.58 Å². The molecule has 2 aliphatic carbocycles. The zero-order chi connectivity index (χ0) is 37.4. The van der Waals surface area contributed by atoms with Gasteiger partial charge in [0, 0.05) is 18.9 Å². The van der Waals surface area contributed by atoms with Crippen LogP contribution in [0.2, 0.25) is 0 Å². The average molecular weight is 752 g/mol. The number of rotatable bonds is 7. The number of ether oxygens (including phenoxy) is 2. The van der Waals surface area contributed by atoms with Crippen LogP contribution in [0.25, 0.3) is 6.08 Å². The molecule has 4 aliphatic heterocycles. The van der Waals surface area contributed by atoms with Gasteiger partial charge in [0.25, 0.3) is 5.91 Å². The van der Waals surface area contributed by atoms with Crippen LogP contribution in [0.4, 0.5) is 18.0 Å². The highest BCUT2D eigenvalue weighted by Gasteiger charge is 2.62. The Labute approximate surface area is 297 Å². The van der Waals surface area contributed by atoms with Crippen LogP contribution in [0, 0.1) is 5.92 Å². The summed E-state index contributed by atoms with van der Waals surface area (Å²) >= 11 is 0. The average Bonchev–Trinajstić information content (AvgIpc) is 4.01. The topological polar surface area (TPSA) is 189 Å². The van der Waals surface area contributed by atoms with Gasteiger partial charge in [-0.3, -0.25) is 29.2 Å². The fourth-order valence-corrected chi connectivity index (χ4v) is 8.30. The number of fused-ring (bicyclic) bond motifs is 10. The maximum Gasteiger partial charge on any atom is 0.407 e. The minimum absolute atomic E-state index is 0.0243. The van der Waals surface area contributed by atoms with E-state index in [1.54, 1.807) is 0 Å². The number of carbonyl (C=O) groups excluding carboxylic acids is 5. The van der Waals surface area contributed by atoms with E-state index >= 15 is 0 Å². The Balaban J connectivity index is 1.28. The number of amides is 4. The third-order valence-corrected chi connectivity index (χ3v) is 11.8. The van der Waals surface area contributed by atoms with E-state index < -0.39 is 99.9 Å². The summed E-state index contributed by atoms with van der Waals surface area (Å²) in [4.78, 5) is 68.0. The van der Waals surface area contributed by atoms with E-state index in [1.807, 2.05) is 40.4 Å². The monoisotopic (exact) mass is 751 g/mol. The van der Waals surface area contributed by atoms with Crippen molar-refractivity contribution in [3.63, 3.8) is 0 Å². The lowest BCUT2D eigenvalue weighted by molar-refractivity contribution is -0.156. The molecule has 6 bridgehead atoms. The first kappa shape index (κ1) is 37.3. The number of sulfonamides is 1. The Morgan fingerprint density at radius 1 is 1.17 bits per heavy atom. The number of allylic oxidation sites excluding steroid dienone is 1. The minimum Gasteiger partial charge on any atom is -0.459 e. The molecule has 0 spiro atoms. The molecule has 1 unspecified atom stereocenters. The number of alkyl carbamates (subject to hydrolysis) is 1. The van der Waals surface area contributed by atoms with Crippen LogP contribution in [0.3, 0.4) is 0 Å². The Hall–Kier alpha value is -4.45. The predicted molar refractivity (Wildman–Crippen MR) is 177 cm³/mol. The van der Waals surface area contributed by atoms with Gasteiger partial charge >= 0.3 is 18.2 Å². The molecule has 7 rings (SSSR count). The van der Waals surface area contributed by atoms with E-state index in [0.717, 1.165) is 21.6 Å². The van der Waals surface area contributed by atoms with Crippen LogP contribution >= 0.6 is 0 Å². The number of hydrogen-bond acceptors (Lipinski definition) is 10. The fraction of sp³-hybridized carbons (Fsp3) is 0.559. The lowest BCUT2D eigenvalue weighted by Crippen LogP contribution is -2.58. The van der Waals surface area contributed by atoms with Crippen molar-refractivity contribution in [2.45, 2.75) is 99.1 Å². The molecule has 6 atom stereocenters. The molecule has 52 heavy (non-hydrogen) atoms. The molecule has 4 amide bonds. The van der Waals surface area contributed by atoms with E-state index in [9.17, 15) is 45.6 Å². The molecular weight excluding hydrogens is 711 g/mol. The van der Waals surface area contributed by atoms with E-state index in [1.165, 1.54) is 6.08 Å². The SMILES string of the molecule is C=C[C@H]1C[C@]1(NC(=O)[C@@H]1C[C@@H]2CN1C(=O)[C@H](CC(F)(F)F)NC(=O)OCCC/C=C/c1cccc3c1CNC(C3)C(=O)O2)C(=O)NS(=O)(=O)C1CC1. The van der Waals surface area contributed by atoms with E-state index in [4.69, 9.17) is 9.47 Å². The van der Waals surface area contributed by atoms with Crippen LogP contribution < -0.4 is 20.7 Å². The number of benzene rings is 1. The summed E-state index contributed by atoms with van der Waals surface area (Å²) in [5, 5.41) is 6.92. The molecule has 6 aliphatic rings. The molecule has 4 N–H and O–H groups in total. The maximum absolute atomic E-state index is 13.9. The van der Waals surface area contributed by atoms with Gasteiger partial charge in [0.05, 0.1) is 24.8 Å². The van der Waals surface area contributed by atoms with Gasteiger partial charge in [0.1, 0.15) is 29.8 Å². The molecular formula is C34H40F3N5O9S. The van der Waals surface area contributed by atoms with Crippen LogP contribution in [0.5, 0.6) is 0 Å². The van der Waals surface area contributed by atoms with Gasteiger partial charge in [-0.05, 0) is 55.2 Å². The summed E-state index contributed by atoms with van der Waals surface area (Å²) in [6.45, 7) is 3.32. The third kappa shape index (κ3) is 8.27. The van der Waals surface area contributed by atoms with Crippen molar-refractivity contribution in [2.24, 2.45) is 5.92 Å². The minimum atomic E-state index is -4.93. The number of carbonyl (C=O) groups is 5. The van der Waals surface area contributed by atoms with E-state index in [0.29, 0.717) is 32.2 Å². The second-order valence-corrected chi connectivity index (χ2v) is 15.8. The zero-order valence-corrected chi connectivity index (χ0v) is 28.9. The lowest BCUT2D eigenvalue weighted by atomic mass is 9.92. The lowest BCUT2D eigenvalue weighted by Gasteiger charge is -2.30. The van der Waals surface area contributed by atoms with Crippen LogP contribution in [-0.4, -0.2) is 97.4 Å². The van der Waals surface area contributed by atoms with Gasteiger partial charge in [-0.1, -0.05) is 36.4 Å². The summed E-state index contributed by atoms with van der Waals surface area (Å²) in [5.74, 6) is -4.70. The quantitative estimate of drug-likeness (QED) is 0.236. The normalized spacial score (nSPS) is 30.3. The van der Waals surface area contributed by atoms with Gasteiger partial charge in [0.2, 0.25) is 21.8 Å². The standard InChI is InChI=1S/C34H40F3N5O9S/c1-2-21-15-33(21,31(46)41-52(48,49)23-10-11-23)40-28(43)27-14-22-18-42(27)29(44)26(16-34(35,36)37)39-32(47)50-12-5-3-4-7-19-8-6-9-20-13-25(30(45)51-22)38-17-24(19)20/h2,4,6-9,21-23,25-27,38H,1,3,5,10-18H2,(H,39,47)(H,40,43)(H,41,46)/b7-4+/t21-,22+,25?,26-,27-,33+/m0/s1. The number of alkyl halides is 3. The van der Waals surface area contributed by atoms with Crippen molar-refractivity contribution in [1.82, 2.24) is 25.6 Å². The fourth-order valence-electron chi connectivity index (χ4n) is 6.93. The first-order valence-electron chi connectivity index (χ1n) is 17.1. The molecule has 14 nitrogen and oxygen atoms in total. The second kappa shape index (κ2) is 14.5. The molecule has 1 aromatic carbocycles. The van der Waals surface area contributed by atoms with E-state index in [-0.39, 0.29) is 25.9 Å². The summed E-state index contributed by atoms with van der Waals surface area (Å²) in [6, 6.07) is 1.08. The Morgan fingerprint density at radius 2 is 1.94 bits per heavy atom. The predicted octanol–water partition coefficient (Wildman–Crippen LogP) is 1.74. The number of hydrogen-bond donors (Lipinski definition) is 4. The molecule has 0 aromatic heterocycles. The first-order chi connectivity index (χ1) is 24.6. The van der Waals surface area contributed by atoms with Gasteiger partial charge < -0.3 is 25.0 Å². The highest BCUT2D eigenvalue weighted by molar-refractivity contribution is 7.91. The number of nitrogens with zero attached hydrogens (tertiary/aromatic N) is 1. The first-order valence-corrected chi connectivity index (χ1v) is 18.7. The van der Waals surface area contributed by atoms with Gasteiger partial charge in [-0.2, -0.15) is 13.2 Å². The zero-order valence-electron chi connectivity index (χ0n) is 28.1. The Bertz CT molecular complexity index is 1780. The number of nitrogens with one attached hydrogen (secondary N) is 4. The molecule has 18 heteroatoms. The van der Waals surface area contributed by atoms with E-state index in [2.05, 4.69) is 17.2 Å². The summed E-state index contributed by atoms with van der Waals surface area (Å²) in [7, 11) is -4.01. The summed E-state index contributed by atoms with van der Waals surface area (Å²) in [6.07, 6.45) is -2.63. The van der Waals surface area contributed by atoms with Gasteiger partial charge in [0.15, 0.2) is 0 Å². The van der Waals surface area contributed by atoms with Crippen molar-refractivity contribution >= 4 is 45.9 Å². The summed E-state index contributed by atoms with van der Waals surface area (Å²) < 4.78 is 79.3. The van der Waals surface area contributed by atoms with Crippen LogP contribution in [0.15, 0.2) is 36.9 Å². The maximum atomic E-state index is 13.9. The van der Waals surface area contributed by atoms with Crippen molar-refractivity contribution < 1.29 is 55.0 Å². The molecule has 2 saturated carbocycles. The highest BCUT2D eigenvalue weighted by Crippen LogP contribution is 2.45. The molecule has 0 radical (unpaired) electrons. The smallest absolute Gasteiger partial charge is 0.407 e. The number of halogens is 3.